The molecule has 1 aromatic carbocycles. The van der Waals surface area contributed by atoms with Gasteiger partial charge in [0.05, 0.1) is 26.4 Å². The maximum absolute atomic E-state index is 6.39. The first kappa shape index (κ1) is 14.2. The summed E-state index contributed by atoms with van der Waals surface area (Å²) >= 11 is 0. The van der Waals surface area contributed by atoms with E-state index in [2.05, 4.69) is 0 Å². The number of nitrogens with two attached hydrogens (primary N) is 1. The number of hydrogen-bond acceptors (Lipinski definition) is 4. The quantitative estimate of drug-likeness (QED) is 0.823. The Morgan fingerprint density at radius 3 is 2.53 bits per heavy atom. The van der Waals surface area contributed by atoms with Gasteiger partial charge in [0.15, 0.2) is 0 Å². The molecule has 2 unspecified atom stereocenters. The van der Waals surface area contributed by atoms with Crippen LogP contribution in [0.25, 0.3) is 0 Å². The van der Waals surface area contributed by atoms with Crippen molar-refractivity contribution in [3.63, 3.8) is 0 Å². The van der Waals surface area contributed by atoms with Gasteiger partial charge in [-0.25, -0.2) is 0 Å². The van der Waals surface area contributed by atoms with Gasteiger partial charge in [0, 0.05) is 18.2 Å². The zero-order valence-corrected chi connectivity index (χ0v) is 11.9. The number of ether oxygens (including phenoxy) is 3. The van der Waals surface area contributed by atoms with Crippen LogP contribution in [0.4, 0.5) is 0 Å². The molecule has 1 saturated carbocycles. The minimum absolute atomic E-state index is 0.0762. The minimum atomic E-state index is -0.159. The van der Waals surface area contributed by atoms with Crippen molar-refractivity contribution in [3.05, 3.63) is 23.8 Å². The van der Waals surface area contributed by atoms with Gasteiger partial charge in [-0.15, -0.1) is 0 Å². The smallest absolute Gasteiger partial charge is 0.127 e. The maximum atomic E-state index is 6.39. The molecule has 0 heterocycles. The van der Waals surface area contributed by atoms with Crippen LogP contribution >= 0.6 is 0 Å². The second-order valence-corrected chi connectivity index (χ2v) is 4.89. The van der Waals surface area contributed by atoms with Crippen LogP contribution in [-0.4, -0.2) is 26.9 Å². The van der Waals surface area contributed by atoms with Gasteiger partial charge in [0.1, 0.15) is 11.5 Å². The predicted molar refractivity (Wildman–Crippen MR) is 74.6 cm³/mol. The second kappa shape index (κ2) is 6.26. The zero-order valence-electron chi connectivity index (χ0n) is 11.9. The van der Waals surface area contributed by atoms with Crippen molar-refractivity contribution in [3.8, 4) is 11.5 Å². The minimum Gasteiger partial charge on any atom is -0.497 e. The van der Waals surface area contributed by atoms with Crippen molar-refractivity contribution in [2.24, 2.45) is 11.7 Å². The second-order valence-electron chi connectivity index (χ2n) is 4.89. The largest absolute Gasteiger partial charge is 0.497 e. The van der Waals surface area contributed by atoms with Crippen LogP contribution in [0, 0.1) is 5.92 Å². The highest BCUT2D eigenvalue weighted by molar-refractivity contribution is 5.43. The lowest BCUT2D eigenvalue weighted by atomic mass is 9.97. The van der Waals surface area contributed by atoms with Crippen molar-refractivity contribution in [1.29, 1.82) is 0 Å². The number of hydrogen-bond donors (Lipinski definition) is 1. The number of rotatable bonds is 7. The topological polar surface area (TPSA) is 53.7 Å². The van der Waals surface area contributed by atoms with Gasteiger partial charge in [-0.2, -0.15) is 0 Å². The first-order valence-corrected chi connectivity index (χ1v) is 6.80. The summed E-state index contributed by atoms with van der Waals surface area (Å²) in [6, 6.07) is 5.59. The van der Waals surface area contributed by atoms with Gasteiger partial charge in [-0.1, -0.05) is 0 Å². The van der Waals surface area contributed by atoms with E-state index in [1.165, 1.54) is 12.8 Å². The third-order valence-electron chi connectivity index (χ3n) is 3.60. The van der Waals surface area contributed by atoms with Gasteiger partial charge in [-0.05, 0) is 37.8 Å². The maximum Gasteiger partial charge on any atom is 0.127 e. The van der Waals surface area contributed by atoms with E-state index in [-0.39, 0.29) is 12.1 Å². The van der Waals surface area contributed by atoms with E-state index >= 15 is 0 Å². The summed E-state index contributed by atoms with van der Waals surface area (Å²) in [5, 5.41) is 0. The van der Waals surface area contributed by atoms with Crippen LogP contribution in [0.1, 0.15) is 31.4 Å². The van der Waals surface area contributed by atoms with Crippen molar-refractivity contribution in [1.82, 2.24) is 0 Å². The molecule has 0 amide bonds. The first-order valence-electron chi connectivity index (χ1n) is 6.80. The van der Waals surface area contributed by atoms with E-state index in [9.17, 15) is 0 Å². The monoisotopic (exact) mass is 265 g/mol. The molecule has 0 spiro atoms. The molecule has 4 nitrogen and oxygen atoms in total. The molecule has 2 atom stereocenters. The summed E-state index contributed by atoms with van der Waals surface area (Å²) in [5.74, 6) is 2.12. The molecular formula is C15H23NO3. The normalized spacial score (nSPS) is 17.9. The van der Waals surface area contributed by atoms with Crippen molar-refractivity contribution in [2.45, 2.75) is 31.9 Å². The third-order valence-corrected chi connectivity index (χ3v) is 3.60. The molecule has 0 bridgehead atoms. The summed E-state index contributed by atoms with van der Waals surface area (Å²) in [6.07, 6.45) is 2.49. The molecular weight excluding hydrogens is 242 g/mol. The SMILES string of the molecule is CCOC(C1CC1)C(N)c1ccc(OC)cc1OC. The van der Waals surface area contributed by atoms with Crippen molar-refractivity contribution in [2.75, 3.05) is 20.8 Å². The van der Waals surface area contributed by atoms with E-state index in [0.717, 1.165) is 17.1 Å². The summed E-state index contributed by atoms with van der Waals surface area (Å²) in [4.78, 5) is 0. The molecule has 0 aromatic heterocycles. The van der Waals surface area contributed by atoms with Crippen molar-refractivity contribution < 1.29 is 14.2 Å². The van der Waals surface area contributed by atoms with Crippen LogP contribution in [0.15, 0.2) is 18.2 Å². The van der Waals surface area contributed by atoms with Gasteiger partial charge < -0.3 is 19.9 Å². The molecule has 4 heteroatoms. The van der Waals surface area contributed by atoms with E-state index in [1.54, 1.807) is 14.2 Å². The molecule has 1 aliphatic carbocycles. The highest BCUT2D eigenvalue weighted by Crippen LogP contribution is 2.41. The van der Waals surface area contributed by atoms with E-state index in [1.807, 2.05) is 25.1 Å². The lowest BCUT2D eigenvalue weighted by Gasteiger charge is -2.25. The molecule has 1 fully saturated rings. The average molecular weight is 265 g/mol. The van der Waals surface area contributed by atoms with Gasteiger partial charge in [0.25, 0.3) is 0 Å². The highest BCUT2D eigenvalue weighted by Gasteiger charge is 2.37. The Kier molecular flexibility index (Phi) is 4.66. The van der Waals surface area contributed by atoms with Gasteiger partial charge in [0.2, 0.25) is 0 Å². The van der Waals surface area contributed by atoms with Crippen molar-refractivity contribution >= 4 is 0 Å². The standard InChI is InChI=1S/C15H23NO3/c1-4-19-15(10-5-6-10)14(16)12-8-7-11(17-2)9-13(12)18-3/h7-10,14-15H,4-6,16H2,1-3H3. The fourth-order valence-electron chi connectivity index (χ4n) is 2.42. The number of methoxy groups -OCH3 is 2. The number of benzene rings is 1. The fourth-order valence-corrected chi connectivity index (χ4v) is 2.42. The molecule has 19 heavy (non-hydrogen) atoms. The Bertz CT molecular complexity index is 418. The molecule has 0 aliphatic heterocycles. The summed E-state index contributed by atoms with van der Waals surface area (Å²) in [7, 11) is 3.29. The zero-order chi connectivity index (χ0) is 13.8. The van der Waals surface area contributed by atoms with Gasteiger partial charge >= 0.3 is 0 Å². The van der Waals surface area contributed by atoms with E-state index < -0.39 is 0 Å². The Morgan fingerprint density at radius 2 is 2.00 bits per heavy atom. The average Bonchev–Trinajstić information content (AvgIpc) is 3.27. The summed E-state index contributed by atoms with van der Waals surface area (Å²) < 4.78 is 16.5. The van der Waals surface area contributed by atoms with E-state index in [4.69, 9.17) is 19.9 Å². The molecule has 0 saturated heterocycles. The third kappa shape index (κ3) is 3.19. The molecule has 2 N–H and O–H groups in total. The van der Waals surface area contributed by atoms with Crippen LogP contribution < -0.4 is 15.2 Å². The highest BCUT2D eigenvalue weighted by atomic mass is 16.5. The van der Waals surface area contributed by atoms with Crippen LogP contribution in [0.3, 0.4) is 0 Å². The summed E-state index contributed by atoms with van der Waals surface area (Å²) in [6.45, 7) is 2.70. The van der Waals surface area contributed by atoms with Crippen LogP contribution in [0.2, 0.25) is 0 Å². The molecule has 1 aromatic rings. The molecule has 0 radical (unpaired) electrons. The van der Waals surface area contributed by atoms with Crippen LogP contribution in [0.5, 0.6) is 11.5 Å². The Labute approximate surface area is 114 Å². The Hall–Kier alpha value is -1.26. The Balaban J connectivity index is 2.23. The van der Waals surface area contributed by atoms with E-state index in [0.29, 0.717) is 12.5 Å². The lowest BCUT2D eigenvalue weighted by Crippen LogP contribution is -2.31. The summed E-state index contributed by atoms with van der Waals surface area (Å²) in [5.41, 5.74) is 7.37. The molecule has 106 valence electrons. The molecule has 2 rings (SSSR count). The lowest BCUT2D eigenvalue weighted by molar-refractivity contribution is 0.0278. The Morgan fingerprint density at radius 1 is 1.26 bits per heavy atom. The fraction of sp³-hybridized carbons (Fsp3) is 0.600. The molecule has 1 aliphatic rings. The first-order chi connectivity index (χ1) is 9.21. The van der Waals surface area contributed by atoms with Gasteiger partial charge in [-0.3, -0.25) is 0 Å². The predicted octanol–water partition coefficient (Wildman–Crippen LogP) is 2.52. The van der Waals surface area contributed by atoms with Crippen LogP contribution in [-0.2, 0) is 4.74 Å².